The van der Waals surface area contributed by atoms with Gasteiger partial charge in [-0.1, -0.05) is 66.8 Å². The minimum Gasteiger partial charge on any atom is -0.300 e. The van der Waals surface area contributed by atoms with Crippen LogP contribution in [0.2, 0.25) is 0 Å². The Hall–Kier alpha value is -1.44. The quantitative estimate of drug-likeness (QED) is 0.546. The number of rotatable bonds is 7. The predicted octanol–water partition coefficient (Wildman–Crippen LogP) is 4.45. The van der Waals surface area contributed by atoms with Crippen LogP contribution in [0.5, 0.6) is 0 Å². The van der Waals surface area contributed by atoms with Crippen molar-refractivity contribution in [1.29, 1.82) is 0 Å². The van der Waals surface area contributed by atoms with Crippen molar-refractivity contribution >= 4 is 34.1 Å². The second-order valence-corrected chi connectivity index (χ2v) is 9.85. The van der Waals surface area contributed by atoms with Crippen molar-refractivity contribution in [2.24, 2.45) is 11.8 Å². The Labute approximate surface area is 170 Å². The number of nitrogens with one attached hydrogen (secondary N) is 1. The molecule has 2 aromatic rings. The maximum atomic E-state index is 12.6. The number of benzene rings is 1. The van der Waals surface area contributed by atoms with Crippen molar-refractivity contribution < 1.29 is 4.79 Å². The van der Waals surface area contributed by atoms with Crippen LogP contribution in [-0.4, -0.2) is 39.8 Å². The van der Waals surface area contributed by atoms with Crippen LogP contribution in [0.1, 0.15) is 37.8 Å². The summed E-state index contributed by atoms with van der Waals surface area (Å²) in [6.45, 7) is 9.36. The van der Waals surface area contributed by atoms with E-state index in [2.05, 4.69) is 65.5 Å². The average Bonchev–Trinajstić information content (AvgIpc) is 3.08. The van der Waals surface area contributed by atoms with Crippen LogP contribution in [-0.2, 0) is 11.3 Å². The Morgan fingerprint density at radius 1 is 1.33 bits per heavy atom. The first kappa shape index (κ1) is 20.3. The molecule has 1 aliphatic heterocycles. The van der Waals surface area contributed by atoms with Crippen molar-refractivity contribution in [3.63, 3.8) is 0 Å². The highest BCUT2D eigenvalue weighted by atomic mass is 32.2. The van der Waals surface area contributed by atoms with E-state index in [-0.39, 0.29) is 11.8 Å². The fraction of sp³-hybridized carbons (Fsp3) is 0.550. The standard InChI is InChI=1S/C20H28N4OS2/c1-14(2)13-26-20-23-22-19(27-20)21-18(25)17-7-9-24(10-8-17)12-16-6-4-5-15(3)11-16/h4-6,11,14,17H,7-10,12-13H2,1-3H3,(H,21,22,25). The lowest BCUT2D eigenvalue weighted by atomic mass is 9.95. The maximum Gasteiger partial charge on any atom is 0.229 e. The molecule has 0 spiro atoms. The number of carbonyl (C=O) groups excluding carboxylic acids is 1. The number of thioether (sulfide) groups is 1. The number of carbonyl (C=O) groups is 1. The Kier molecular flexibility index (Phi) is 7.26. The van der Waals surface area contributed by atoms with Crippen molar-refractivity contribution in [3.05, 3.63) is 35.4 Å². The summed E-state index contributed by atoms with van der Waals surface area (Å²) >= 11 is 3.17. The summed E-state index contributed by atoms with van der Waals surface area (Å²) < 4.78 is 0.923. The van der Waals surface area contributed by atoms with Crippen LogP contribution >= 0.6 is 23.1 Å². The first-order valence-corrected chi connectivity index (χ1v) is 11.3. The van der Waals surface area contributed by atoms with Crippen LogP contribution < -0.4 is 5.32 Å². The molecule has 2 heterocycles. The summed E-state index contributed by atoms with van der Waals surface area (Å²) in [5.41, 5.74) is 2.64. The largest absolute Gasteiger partial charge is 0.300 e. The molecule has 0 atom stereocenters. The van der Waals surface area contributed by atoms with Crippen molar-refractivity contribution in [2.45, 2.75) is 44.5 Å². The molecule has 1 aromatic carbocycles. The summed E-state index contributed by atoms with van der Waals surface area (Å²) in [7, 11) is 0. The van der Waals surface area contributed by atoms with Gasteiger partial charge in [-0.05, 0) is 44.3 Å². The molecule has 1 amide bonds. The average molecular weight is 405 g/mol. The second-order valence-electron chi connectivity index (χ2n) is 7.61. The van der Waals surface area contributed by atoms with Gasteiger partial charge in [-0.25, -0.2) is 0 Å². The van der Waals surface area contributed by atoms with Crippen LogP contribution in [0, 0.1) is 18.8 Å². The van der Waals surface area contributed by atoms with Gasteiger partial charge in [-0.3, -0.25) is 9.69 Å². The second kappa shape index (κ2) is 9.66. The molecule has 1 fully saturated rings. The van der Waals surface area contributed by atoms with Crippen molar-refractivity contribution in [1.82, 2.24) is 15.1 Å². The van der Waals surface area contributed by atoms with Crippen molar-refractivity contribution in [3.8, 4) is 0 Å². The summed E-state index contributed by atoms with van der Waals surface area (Å²) in [4.78, 5) is 15.0. The number of hydrogen-bond donors (Lipinski definition) is 1. The summed E-state index contributed by atoms with van der Waals surface area (Å²) in [6.07, 6.45) is 1.79. The molecule has 0 bridgehead atoms. The van der Waals surface area contributed by atoms with Crippen LogP contribution in [0.3, 0.4) is 0 Å². The normalized spacial score (nSPS) is 16.0. The van der Waals surface area contributed by atoms with E-state index in [0.29, 0.717) is 11.0 Å². The highest BCUT2D eigenvalue weighted by Crippen LogP contribution is 2.28. The lowest BCUT2D eigenvalue weighted by Gasteiger charge is -2.31. The highest BCUT2D eigenvalue weighted by molar-refractivity contribution is 8.01. The third kappa shape index (κ3) is 6.30. The Morgan fingerprint density at radius 3 is 2.81 bits per heavy atom. The smallest absolute Gasteiger partial charge is 0.229 e. The molecule has 3 rings (SSSR count). The monoisotopic (exact) mass is 404 g/mol. The van der Waals surface area contributed by atoms with Gasteiger partial charge in [-0.15, -0.1) is 10.2 Å². The first-order valence-electron chi connectivity index (χ1n) is 9.54. The molecule has 0 unspecified atom stereocenters. The SMILES string of the molecule is Cc1cccc(CN2CCC(C(=O)Nc3nnc(SCC(C)C)s3)CC2)c1. The fourth-order valence-corrected chi connectivity index (χ4v) is 4.92. The van der Waals surface area contributed by atoms with Gasteiger partial charge >= 0.3 is 0 Å². The van der Waals surface area contributed by atoms with Gasteiger partial charge in [0.15, 0.2) is 4.34 Å². The van der Waals surface area contributed by atoms with Gasteiger partial charge in [0.05, 0.1) is 0 Å². The molecule has 1 N–H and O–H groups in total. The summed E-state index contributed by atoms with van der Waals surface area (Å²) in [5, 5.41) is 11.9. The lowest BCUT2D eigenvalue weighted by molar-refractivity contribution is -0.121. The van der Waals surface area contributed by atoms with Gasteiger partial charge in [-0.2, -0.15) is 0 Å². The van der Waals surface area contributed by atoms with E-state index < -0.39 is 0 Å². The number of hydrogen-bond acceptors (Lipinski definition) is 6. The zero-order chi connectivity index (χ0) is 19.2. The molecule has 0 saturated carbocycles. The third-order valence-electron chi connectivity index (χ3n) is 4.62. The minimum atomic E-state index is 0.0643. The molecular formula is C20H28N4OS2. The van der Waals surface area contributed by atoms with Gasteiger partial charge < -0.3 is 5.32 Å². The van der Waals surface area contributed by atoms with E-state index in [1.807, 2.05) is 0 Å². The minimum absolute atomic E-state index is 0.0643. The van der Waals surface area contributed by atoms with E-state index in [1.165, 1.54) is 22.5 Å². The van der Waals surface area contributed by atoms with Crippen molar-refractivity contribution in [2.75, 3.05) is 24.2 Å². The lowest BCUT2D eigenvalue weighted by Crippen LogP contribution is -2.37. The predicted molar refractivity (Wildman–Crippen MR) is 113 cm³/mol. The first-order chi connectivity index (χ1) is 13.0. The van der Waals surface area contributed by atoms with Gasteiger partial charge in [0.1, 0.15) is 0 Å². The number of amides is 1. The fourth-order valence-electron chi connectivity index (χ4n) is 3.19. The van der Waals surface area contributed by atoms with E-state index in [9.17, 15) is 4.79 Å². The van der Waals surface area contributed by atoms with Gasteiger partial charge in [0, 0.05) is 18.2 Å². The Bertz CT molecular complexity index is 754. The molecule has 0 aliphatic carbocycles. The van der Waals surface area contributed by atoms with Gasteiger partial charge in [0.2, 0.25) is 11.0 Å². The number of likely N-dealkylation sites (tertiary alicyclic amines) is 1. The summed E-state index contributed by atoms with van der Waals surface area (Å²) in [6, 6.07) is 8.65. The molecule has 7 heteroatoms. The molecule has 27 heavy (non-hydrogen) atoms. The van der Waals surface area contributed by atoms with Gasteiger partial charge in [0.25, 0.3) is 0 Å². The highest BCUT2D eigenvalue weighted by Gasteiger charge is 2.25. The number of aryl methyl sites for hydroxylation is 1. The number of anilines is 1. The maximum absolute atomic E-state index is 12.6. The molecule has 1 aliphatic rings. The molecule has 0 radical (unpaired) electrons. The zero-order valence-corrected chi connectivity index (χ0v) is 17.9. The molecular weight excluding hydrogens is 376 g/mol. The number of aromatic nitrogens is 2. The molecule has 5 nitrogen and oxygen atoms in total. The number of nitrogens with zero attached hydrogens (tertiary/aromatic N) is 3. The van der Waals surface area contributed by atoms with E-state index in [1.54, 1.807) is 11.8 Å². The van der Waals surface area contributed by atoms with E-state index >= 15 is 0 Å². The summed E-state index contributed by atoms with van der Waals surface area (Å²) in [5.74, 6) is 1.78. The zero-order valence-electron chi connectivity index (χ0n) is 16.3. The van der Waals surface area contributed by atoms with E-state index in [0.717, 1.165) is 42.6 Å². The Balaban J connectivity index is 1.44. The molecule has 1 saturated heterocycles. The third-order valence-corrected chi connectivity index (χ3v) is 7.02. The Morgan fingerprint density at radius 2 is 2.11 bits per heavy atom. The topological polar surface area (TPSA) is 58.1 Å². The molecule has 1 aromatic heterocycles. The van der Waals surface area contributed by atoms with Crippen LogP contribution in [0.25, 0.3) is 0 Å². The molecule has 146 valence electrons. The van der Waals surface area contributed by atoms with Crippen LogP contribution in [0.4, 0.5) is 5.13 Å². The van der Waals surface area contributed by atoms with E-state index in [4.69, 9.17) is 0 Å². The van der Waals surface area contributed by atoms with Crippen LogP contribution in [0.15, 0.2) is 28.6 Å². The number of piperidine rings is 1.